The normalized spacial score (nSPS) is 14.0. The molecule has 0 fully saturated rings. The van der Waals surface area contributed by atoms with Gasteiger partial charge in [-0.1, -0.05) is 11.6 Å². The highest BCUT2D eigenvalue weighted by molar-refractivity contribution is 5.91. The van der Waals surface area contributed by atoms with E-state index in [1.165, 1.54) is 25.3 Å². The molecule has 5 heteroatoms. The molecule has 0 unspecified atom stereocenters. The van der Waals surface area contributed by atoms with Crippen LogP contribution in [0.15, 0.2) is 35.9 Å². The molecule has 112 valence electrons. The molecule has 1 aliphatic carbocycles. The number of rotatable bonds is 4. The van der Waals surface area contributed by atoms with Crippen molar-refractivity contribution in [3.63, 3.8) is 0 Å². The van der Waals surface area contributed by atoms with Crippen LogP contribution >= 0.6 is 0 Å². The average molecular weight is 287 g/mol. The minimum atomic E-state index is -0.214. The fourth-order valence-electron chi connectivity index (χ4n) is 2.27. The second-order valence-electron chi connectivity index (χ2n) is 5.17. The molecule has 0 heterocycles. The fraction of sp³-hybridized carbons (Fsp3) is 0.375. The van der Waals surface area contributed by atoms with Gasteiger partial charge in [0, 0.05) is 24.8 Å². The molecular formula is C16H21N3O2. The maximum atomic E-state index is 11.8. The van der Waals surface area contributed by atoms with Crippen molar-refractivity contribution in [1.82, 2.24) is 5.32 Å². The zero-order valence-electron chi connectivity index (χ0n) is 12.2. The molecule has 0 atom stereocenters. The molecule has 3 amide bonds. The van der Waals surface area contributed by atoms with Crippen LogP contribution in [-0.2, 0) is 4.79 Å². The lowest BCUT2D eigenvalue weighted by atomic mass is 10.00. The molecule has 21 heavy (non-hydrogen) atoms. The van der Waals surface area contributed by atoms with Gasteiger partial charge in [-0.3, -0.25) is 4.79 Å². The van der Waals surface area contributed by atoms with Crippen LogP contribution in [-0.4, -0.2) is 18.5 Å². The van der Waals surface area contributed by atoms with Crippen LogP contribution in [0.3, 0.4) is 0 Å². The number of carbonyl (C=O) groups is 2. The van der Waals surface area contributed by atoms with Gasteiger partial charge >= 0.3 is 6.03 Å². The highest BCUT2D eigenvalue weighted by Gasteiger charge is 2.06. The molecule has 3 N–H and O–H groups in total. The van der Waals surface area contributed by atoms with E-state index in [4.69, 9.17) is 0 Å². The molecule has 0 spiro atoms. The molecule has 1 aromatic rings. The number of nitrogens with one attached hydrogen (secondary N) is 3. The van der Waals surface area contributed by atoms with E-state index in [0.717, 1.165) is 12.8 Å². The van der Waals surface area contributed by atoms with Crippen LogP contribution in [0.2, 0.25) is 0 Å². The number of benzene rings is 1. The summed E-state index contributed by atoms with van der Waals surface area (Å²) in [5, 5.41) is 8.31. The number of allylic oxidation sites excluding steroid dienone is 1. The Labute approximate surface area is 124 Å². The Balaban J connectivity index is 1.79. The van der Waals surface area contributed by atoms with Crippen LogP contribution in [0, 0.1) is 0 Å². The van der Waals surface area contributed by atoms with Gasteiger partial charge in [0.05, 0.1) is 0 Å². The van der Waals surface area contributed by atoms with Crippen molar-refractivity contribution in [2.45, 2.75) is 32.6 Å². The maximum absolute atomic E-state index is 11.8. The number of urea groups is 1. The summed E-state index contributed by atoms with van der Waals surface area (Å²) in [5.41, 5.74) is 2.71. The van der Waals surface area contributed by atoms with Crippen LogP contribution < -0.4 is 16.0 Å². The topological polar surface area (TPSA) is 70.2 Å². The van der Waals surface area contributed by atoms with Crippen molar-refractivity contribution in [2.24, 2.45) is 0 Å². The van der Waals surface area contributed by atoms with Crippen LogP contribution in [0.4, 0.5) is 16.2 Å². The Kier molecular flexibility index (Phi) is 5.37. The molecule has 0 saturated heterocycles. The van der Waals surface area contributed by atoms with Gasteiger partial charge < -0.3 is 16.0 Å². The molecule has 5 nitrogen and oxygen atoms in total. The van der Waals surface area contributed by atoms with Crippen molar-refractivity contribution >= 4 is 23.3 Å². The molecule has 0 aromatic heterocycles. The summed E-state index contributed by atoms with van der Waals surface area (Å²) in [7, 11) is 0. The van der Waals surface area contributed by atoms with Crippen LogP contribution in [0.5, 0.6) is 0 Å². The Bertz CT molecular complexity index is 535. The van der Waals surface area contributed by atoms with Crippen LogP contribution in [0.25, 0.3) is 0 Å². The van der Waals surface area contributed by atoms with Gasteiger partial charge in [0.25, 0.3) is 0 Å². The standard InChI is InChI=1S/C16H21N3O2/c1-12(20)18-14-7-9-15(10-8-14)19-16(21)17-11-13-5-3-2-4-6-13/h5,7-10H,2-4,6,11H2,1H3,(H,18,20)(H2,17,19,21). The Morgan fingerprint density at radius 3 is 2.29 bits per heavy atom. The number of amides is 3. The summed E-state index contributed by atoms with van der Waals surface area (Å²) < 4.78 is 0. The minimum Gasteiger partial charge on any atom is -0.334 e. The van der Waals surface area contributed by atoms with Gasteiger partial charge in [-0.15, -0.1) is 0 Å². The third-order valence-corrected chi connectivity index (χ3v) is 3.32. The average Bonchev–Trinajstić information content (AvgIpc) is 2.48. The first-order valence-electron chi connectivity index (χ1n) is 7.24. The predicted octanol–water partition coefficient (Wildman–Crippen LogP) is 3.27. The molecule has 1 aromatic carbocycles. The lowest BCUT2D eigenvalue weighted by Crippen LogP contribution is -2.30. The van der Waals surface area contributed by atoms with Crippen molar-refractivity contribution in [2.75, 3.05) is 17.2 Å². The van der Waals surface area contributed by atoms with Gasteiger partial charge in [0.1, 0.15) is 0 Å². The highest BCUT2D eigenvalue weighted by atomic mass is 16.2. The Morgan fingerprint density at radius 1 is 1.05 bits per heavy atom. The molecule has 0 aliphatic heterocycles. The summed E-state index contributed by atoms with van der Waals surface area (Å²) >= 11 is 0. The quantitative estimate of drug-likeness (QED) is 0.744. The zero-order valence-corrected chi connectivity index (χ0v) is 12.2. The van der Waals surface area contributed by atoms with E-state index in [9.17, 15) is 9.59 Å². The van der Waals surface area contributed by atoms with E-state index in [2.05, 4.69) is 22.0 Å². The molecular weight excluding hydrogens is 266 g/mol. The smallest absolute Gasteiger partial charge is 0.319 e. The predicted molar refractivity (Wildman–Crippen MR) is 84.3 cm³/mol. The van der Waals surface area contributed by atoms with E-state index in [0.29, 0.717) is 17.9 Å². The maximum Gasteiger partial charge on any atom is 0.319 e. The van der Waals surface area contributed by atoms with Gasteiger partial charge in [-0.25, -0.2) is 4.79 Å². The summed E-state index contributed by atoms with van der Waals surface area (Å²) in [4.78, 5) is 22.7. The van der Waals surface area contributed by atoms with E-state index in [1.807, 2.05) is 0 Å². The Hall–Kier alpha value is -2.30. The van der Waals surface area contributed by atoms with E-state index in [-0.39, 0.29) is 11.9 Å². The van der Waals surface area contributed by atoms with Crippen molar-refractivity contribution in [3.05, 3.63) is 35.9 Å². The number of hydrogen-bond donors (Lipinski definition) is 3. The molecule has 0 saturated carbocycles. The minimum absolute atomic E-state index is 0.116. The third-order valence-electron chi connectivity index (χ3n) is 3.32. The van der Waals surface area contributed by atoms with Gasteiger partial charge in [0.15, 0.2) is 0 Å². The van der Waals surface area contributed by atoms with Gasteiger partial charge in [0.2, 0.25) is 5.91 Å². The second-order valence-corrected chi connectivity index (χ2v) is 5.17. The SMILES string of the molecule is CC(=O)Nc1ccc(NC(=O)NCC2=CCCCC2)cc1. The van der Waals surface area contributed by atoms with E-state index in [1.54, 1.807) is 24.3 Å². The van der Waals surface area contributed by atoms with Crippen molar-refractivity contribution in [1.29, 1.82) is 0 Å². The monoisotopic (exact) mass is 287 g/mol. The largest absolute Gasteiger partial charge is 0.334 e. The first-order chi connectivity index (χ1) is 10.1. The summed E-state index contributed by atoms with van der Waals surface area (Å²) in [6.07, 6.45) is 6.86. The van der Waals surface area contributed by atoms with E-state index >= 15 is 0 Å². The lowest BCUT2D eigenvalue weighted by molar-refractivity contribution is -0.114. The molecule has 0 radical (unpaired) electrons. The first kappa shape index (κ1) is 15.1. The summed E-state index contributed by atoms with van der Waals surface area (Å²) in [5.74, 6) is -0.116. The molecule has 1 aliphatic rings. The first-order valence-corrected chi connectivity index (χ1v) is 7.24. The summed E-state index contributed by atoms with van der Waals surface area (Å²) in [6.45, 7) is 2.06. The van der Waals surface area contributed by atoms with Crippen LogP contribution in [0.1, 0.15) is 32.6 Å². The number of anilines is 2. The highest BCUT2D eigenvalue weighted by Crippen LogP contribution is 2.16. The van der Waals surface area contributed by atoms with E-state index < -0.39 is 0 Å². The van der Waals surface area contributed by atoms with Gasteiger partial charge in [-0.2, -0.15) is 0 Å². The lowest BCUT2D eigenvalue weighted by Gasteiger charge is -2.14. The number of hydrogen-bond acceptors (Lipinski definition) is 2. The van der Waals surface area contributed by atoms with Crippen molar-refractivity contribution in [3.8, 4) is 0 Å². The molecule has 0 bridgehead atoms. The second kappa shape index (κ2) is 7.47. The number of carbonyl (C=O) groups excluding carboxylic acids is 2. The Morgan fingerprint density at radius 2 is 1.71 bits per heavy atom. The third kappa shape index (κ3) is 5.30. The van der Waals surface area contributed by atoms with Crippen molar-refractivity contribution < 1.29 is 9.59 Å². The fourth-order valence-corrected chi connectivity index (χ4v) is 2.27. The zero-order chi connectivity index (χ0) is 15.1. The molecule has 2 rings (SSSR count). The summed E-state index contributed by atoms with van der Waals surface area (Å²) in [6, 6.07) is 6.80. The van der Waals surface area contributed by atoms with Gasteiger partial charge in [-0.05, 0) is 49.9 Å².